The Kier molecular flexibility index (Phi) is 5.98. The number of rotatable bonds is 8. The Morgan fingerprint density at radius 2 is 2.11 bits per heavy atom. The zero-order valence-electron chi connectivity index (χ0n) is 15.1. The van der Waals surface area contributed by atoms with Gasteiger partial charge in [0.25, 0.3) is 6.43 Å². The summed E-state index contributed by atoms with van der Waals surface area (Å²) in [5.41, 5.74) is 2.53. The summed E-state index contributed by atoms with van der Waals surface area (Å²) in [6, 6.07) is 7.87. The van der Waals surface area contributed by atoms with Crippen LogP contribution in [0.4, 0.5) is 8.78 Å². The van der Waals surface area contributed by atoms with Crippen LogP contribution in [-0.2, 0) is 17.6 Å². The van der Waals surface area contributed by atoms with Gasteiger partial charge in [0.2, 0.25) is 5.89 Å². The highest BCUT2D eigenvalue weighted by molar-refractivity contribution is 5.82. The summed E-state index contributed by atoms with van der Waals surface area (Å²) in [5, 5.41) is 9.71. The average Bonchev–Trinajstić information content (AvgIpc) is 3.11. The third-order valence-corrected chi connectivity index (χ3v) is 3.98. The number of aryl methyl sites for hydroxylation is 1. The molecule has 0 atom stereocenters. The van der Waals surface area contributed by atoms with Crippen LogP contribution in [0.5, 0.6) is 11.5 Å². The summed E-state index contributed by atoms with van der Waals surface area (Å²) in [7, 11) is 0. The van der Waals surface area contributed by atoms with Crippen molar-refractivity contribution < 1.29 is 27.8 Å². The van der Waals surface area contributed by atoms with Crippen molar-refractivity contribution in [2.45, 2.75) is 26.2 Å². The number of ketones is 1. The van der Waals surface area contributed by atoms with E-state index in [1.54, 1.807) is 6.20 Å². The van der Waals surface area contributed by atoms with Gasteiger partial charge in [0, 0.05) is 18.2 Å². The maximum Gasteiger partial charge on any atom is 0.272 e. The lowest BCUT2D eigenvalue weighted by atomic mass is 10.1. The number of aromatic hydroxyl groups is 1. The lowest BCUT2D eigenvalue weighted by Crippen LogP contribution is -2.09. The van der Waals surface area contributed by atoms with Gasteiger partial charge in [0.15, 0.2) is 11.5 Å². The van der Waals surface area contributed by atoms with Crippen molar-refractivity contribution in [3.63, 3.8) is 0 Å². The number of pyridine rings is 1. The molecule has 6 nitrogen and oxygen atoms in total. The molecule has 0 aliphatic carbocycles. The minimum absolute atomic E-state index is 0.0617. The standard InChI is InChI=1S/C20H18F2N2O4/c1-12-3-2-6-23-16(12)9-15(25)8-14-10-28-20(24-14)13-4-5-17(26)18(7-13)27-11-19(21)22/h2-7,10,19,26H,8-9,11H2,1H3. The summed E-state index contributed by atoms with van der Waals surface area (Å²) in [6.07, 6.45) is 0.615. The quantitative estimate of drug-likeness (QED) is 0.633. The van der Waals surface area contributed by atoms with E-state index in [1.807, 2.05) is 19.1 Å². The Labute approximate surface area is 159 Å². The van der Waals surface area contributed by atoms with Crippen molar-refractivity contribution in [3.05, 3.63) is 59.7 Å². The number of hydrogen-bond donors (Lipinski definition) is 1. The fourth-order valence-corrected chi connectivity index (χ4v) is 2.59. The molecule has 0 amide bonds. The topological polar surface area (TPSA) is 85.5 Å². The van der Waals surface area contributed by atoms with Gasteiger partial charge in [-0.1, -0.05) is 6.07 Å². The average molecular weight is 388 g/mol. The largest absolute Gasteiger partial charge is 0.504 e. The van der Waals surface area contributed by atoms with Crippen molar-refractivity contribution in [1.82, 2.24) is 9.97 Å². The number of benzene rings is 1. The number of alkyl halides is 2. The molecule has 1 aromatic carbocycles. The number of ether oxygens (including phenoxy) is 1. The zero-order valence-corrected chi connectivity index (χ0v) is 15.1. The van der Waals surface area contributed by atoms with Crippen LogP contribution in [-0.4, -0.2) is 33.9 Å². The van der Waals surface area contributed by atoms with E-state index in [4.69, 9.17) is 9.15 Å². The van der Waals surface area contributed by atoms with Gasteiger partial charge in [-0.25, -0.2) is 13.8 Å². The predicted octanol–water partition coefficient (Wildman–Crippen LogP) is 3.75. The van der Waals surface area contributed by atoms with Crippen LogP contribution in [0, 0.1) is 6.92 Å². The van der Waals surface area contributed by atoms with Crippen LogP contribution in [0.15, 0.2) is 47.2 Å². The summed E-state index contributed by atoms with van der Waals surface area (Å²) in [5.74, 6) is -0.233. The highest BCUT2D eigenvalue weighted by Gasteiger charge is 2.15. The predicted molar refractivity (Wildman–Crippen MR) is 96.5 cm³/mol. The number of Topliss-reactive ketones (excluding diaryl/α,β-unsaturated/α-hetero) is 1. The molecule has 0 saturated carbocycles. The molecular formula is C20H18F2N2O4. The molecule has 0 bridgehead atoms. The van der Waals surface area contributed by atoms with E-state index in [0.717, 1.165) is 11.3 Å². The van der Waals surface area contributed by atoms with E-state index in [9.17, 15) is 18.7 Å². The molecule has 2 heterocycles. The molecular weight excluding hydrogens is 370 g/mol. The van der Waals surface area contributed by atoms with E-state index < -0.39 is 13.0 Å². The third-order valence-electron chi connectivity index (χ3n) is 3.98. The van der Waals surface area contributed by atoms with Gasteiger partial charge in [0.05, 0.1) is 17.8 Å². The minimum Gasteiger partial charge on any atom is -0.504 e. The Balaban J connectivity index is 1.69. The number of aromatic nitrogens is 2. The van der Waals surface area contributed by atoms with Crippen LogP contribution in [0.2, 0.25) is 0 Å². The molecule has 1 N–H and O–H groups in total. The van der Waals surface area contributed by atoms with Gasteiger partial charge in [-0.3, -0.25) is 9.78 Å². The second-order valence-electron chi connectivity index (χ2n) is 6.19. The van der Waals surface area contributed by atoms with E-state index in [-0.39, 0.29) is 36.0 Å². The number of hydrogen-bond acceptors (Lipinski definition) is 6. The Morgan fingerprint density at radius 1 is 1.29 bits per heavy atom. The molecule has 3 aromatic rings. The molecule has 0 radical (unpaired) electrons. The van der Waals surface area contributed by atoms with Crippen LogP contribution < -0.4 is 4.74 Å². The van der Waals surface area contributed by atoms with E-state index in [2.05, 4.69) is 9.97 Å². The lowest BCUT2D eigenvalue weighted by Gasteiger charge is -2.08. The van der Waals surface area contributed by atoms with Gasteiger partial charge in [0.1, 0.15) is 18.7 Å². The van der Waals surface area contributed by atoms with E-state index in [0.29, 0.717) is 11.3 Å². The lowest BCUT2D eigenvalue weighted by molar-refractivity contribution is -0.117. The van der Waals surface area contributed by atoms with Gasteiger partial charge in [-0.05, 0) is 36.8 Å². The van der Waals surface area contributed by atoms with Crippen molar-refractivity contribution in [1.29, 1.82) is 0 Å². The van der Waals surface area contributed by atoms with Crippen molar-refractivity contribution in [2.75, 3.05) is 6.61 Å². The molecule has 0 aliphatic heterocycles. The minimum atomic E-state index is -2.66. The molecule has 0 spiro atoms. The Hall–Kier alpha value is -3.29. The molecule has 0 fully saturated rings. The maximum absolute atomic E-state index is 12.3. The molecule has 0 unspecified atom stereocenters. The second kappa shape index (κ2) is 8.60. The van der Waals surface area contributed by atoms with Crippen LogP contribution in [0.3, 0.4) is 0 Å². The first-order valence-corrected chi connectivity index (χ1v) is 8.53. The van der Waals surface area contributed by atoms with Crippen LogP contribution in [0.25, 0.3) is 11.5 Å². The molecule has 0 aliphatic rings. The third kappa shape index (κ3) is 4.91. The number of carbonyl (C=O) groups is 1. The first-order valence-electron chi connectivity index (χ1n) is 8.53. The monoisotopic (exact) mass is 388 g/mol. The van der Waals surface area contributed by atoms with Crippen LogP contribution >= 0.6 is 0 Å². The smallest absolute Gasteiger partial charge is 0.272 e. The number of nitrogens with zero attached hydrogens (tertiary/aromatic N) is 2. The number of phenols is 1. The van der Waals surface area contributed by atoms with Crippen LogP contribution in [0.1, 0.15) is 17.0 Å². The fourth-order valence-electron chi connectivity index (χ4n) is 2.59. The SMILES string of the molecule is Cc1cccnc1CC(=O)Cc1coc(-c2ccc(O)c(OCC(F)F)c2)n1. The van der Waals surface area contributed by atoms with E-state index in [1.165, 1.54) is 24.5 Å². The maximum atomic E-state index is 12.3. The second-order valence-corrected chi connectivity index (χ2v) is 6.19. The fraction of sp³-hybridized carbons (Fsp3) is 0.250. The Bertz CT molecular complexity index is 972. The summed E-state index contributed by atoms with van der Waals surface area (Å²) in [6.45, 7) is 1.05. The normalized spacial score (nSPS) is 11.0. The van der Waals surface area contributed by atoms with Gasteiger partial charge < -0.3 is 14.3 Å². The van der Waals surface area contributed by atoms with Crippen molar-refractivity contribution >= 4 is 5.78 Å². The van der Waals surface area contributed by atoms with Crippen molar-refractivity contribution in [2.24, 2.45) is 0 Å². The first kappa shape index (κ1) is 19.5. The first-order chi connectivity index (χ1) is 13.4. The molecule has 0 saturated heterocycles. The van der Waals surface area contributed by atoms with Gasteiger partial charge in [-0.2, -0.15) is 0 Å². The number of carbonyl (C=O) groups excluding carboxylic acids is 1. The van der Waals surface area contributed by atoms with Crippen molar-refractivity contribution in [3.8, 4) is 23.0 Å². The van der Waals surface area contributed by atoms with E-state index >= 15 is 0 Å². The molecule has 2 aromatic heterocycles. The zero-order chi connectivity index (χ0) is 20.1. The molecule has 28 heavy (non-hydrogen) atoms. The summed E-state index contributed by atoms with van der Waals surface area (Å²) < 4.78 is 34.9. The Morgan fingerprint density at radius 3 is 2.86 bits per heavy atom. The molecule has 3 rings (SSSR count). The number of oxazole rings is 1. The van der Waals surface area contributed by atoms with Gasteiger partial charge >= 0.3 is 0 Å². The van der Waals surface area contributed by atoms with Gasteiger partial charge in [-0.15, -0.1) is 0 Å². The molecule has 8 heteroatoms. The number of halogens is 2. The summed E-state index contributed by atoms with van der Waals surface area (Å²) in [4.78, 5) is 20.7. The summed E-state index contributed by atoms with van der Waals surface area (Å²) >= 11 is 0. The highest BCUT2D eigenvalue weighted by Crippen LogP contribution is 2.31. The number of phenolic OH excluding ortho intramolecular Hbond substituents is 1. The molecule has 146 valence electrons. The highest BCUT2D eigenvalue weighted by atomic mass is 19.3.